The topological polar surface area (TPSA) is 67.4 Å². The van der Waals surface area contributed by atoms with Crippen LogP contribution in [0.1, 0.15) is 26.3 Å². The number of alkyl carbamates (subject to hydrolysis) is 1. The third kappa shape index (κ3) is 7.20. The van der Waals surface area contributed by atoms with Gasteiger partial charge in [0.05, 0.1) is 10.0 Å². The summed E-state index contributed by atoms with van der Waals surface area (Å²) in [5.41, 5.74) is 0.218. The number of hydrogen-bond donors (Lipinski definition) is 2. The van der Waals surface area contributed by atoms with Crippen LogP contribution in [0.15, 0.2) is 18.2 Å². The number of ether oxygens (including phenoxy) is 1. The SMILES string of the molecule is CC(C)(C)OC(=O)NCC(=O)NCc1ccc(Cl)c(Cl)c1. The second-order valence-electron chi connectivity index (χ2n) is 5.38. The predicted octanol–water partition coefficient (Wildman–Crippen LogP) is 3.13. The van der Waals surface area contributed by atoms with Crippen molar-refractivity contribution < 1.29 is 14.3 Å². The van der Waals surface area contributed by atoms with E-state index in [1.807, 2.05) is 0 Å². The summed E-state index contributed by atoms with van der Waals surface area (Å²) in [5.74, 6) is -0.327. The minimum absolute atomic E-state index is 0.157. The maximum atomic E-state index is 11.6. The van der Waals surface area contributed by atoms with Crippen molar-refractivity contribution in [3.8, 4) is 0 Å². The summed E-state index contributed by atoms with van der Waals surface area (Å²) in [5, 5.41) is 5.91. The second-order valence-corrected chi connectivity index (χ2v) is 6.20. The number of amides is 2. The molecule has 0 saturated heterocycles. The lowest BCUT2D eigenvalue weighted by atomic mass is 10.2. The van der Waals surface area contributed by atoms with E-state index in [-0.39, 0.29) is 12.5 Å². The Hall–Kier alpha value is -1.46. The third-order valence-electron chi connectivity index (χ3n) is 2.27. The van der Waals surface area contributed by atoms with Crippen molar-refractivity contribution in [1.29, 1.82) is 0 Å². The molecule has 0 bridgehead atoms. The highest BCUT2D eigenvalue weighted by atomic mass is 35.5. The van der Waals surface area contributed by atoms with Crippen molar-refractivity contribution in [2.75, 3.05) is 6.54 Å². The minimum atomic E-state index is -0.632. The van der Waals surface area contributed by atoms with Crippen LogP contribution in [0, 0.1) is 0 Å². The lowest BCUT2D eigenvalue weighted by Gasteiger charge is -2.19. The summed E-state index contributed by atoms with van der Waals surface area (Å²) in [6.45, 7) is 5.38. The molecule has 7 heteroatoms. The summed E-state index contributed by atoms with van der Waals surface area (Å²) < 4.78 is 5.02. The standard InChI is InChI=1S/C14H18Cl2N2O3/c1-14(2,3)21-13(20)18-8-12(19)17-7-9-4-5-10(15)11(16)6-9/h4-6H,7-8H2,1-3H3,(H,17,19)(H,18,20). The van der Waals surface area contributed by atoms with Gasteiger partial charge < -0.3 is 15.4 Å². The van der Waals surface area contributed by atoms with Gasteiger partial charge in [-0.25, -0.2) is 4.79 Å². The van der Waals surface area contributed by atoms with E-state index in [9.17, 15) is 9.59 Å². The molecule has 0 atom stereocenters. The Morgan fingerprint density at radius 3 is 2.38 bits per heavy atom. The number of halogens is 2. The maximum absolute atomic E-state index is 11.6. The zero-order valence-corrected chi connectivity index (χ0v) is 13.6. The van der Waals surface area contributed by atoms with Gasteiger partial charge in [-0.15, -0.1) is 0 Å². The minimum Gasteiger partial charge on any atom is -0.444 e. The van der Waals surface area contributed by atoms with Gasteiger partial charge in [-0.1, -0.05) is 29.3 Å². The molecule has 0 heterocycles. The van der Waals surface area contributed by atoms with Gasteiger partial charge >= 0.3 is 6.09 Å². The number of benzene rings is 1. The number of nitrogens with one attached hydrogen (secondary N) is 2. The normalized spacial score (nSPS) is 10.9. The van der Waals surface area contributed by atoms with E-state index in [4.69, 9.17) is 27.9 Å². The van der Waals surface area contributed by atoms with E-state index < -0.39 is 11.7 Å². The molecule has 0 radical (unpaired) electrons. The van der Waals surface area contributed by atoms with Crippen LogP contribution in [0.25, 0.3) is 0 Å². The van der Waals surface area contributed by atoms with Gasteiger partial charge in [0.1, 0.15) is 12.1 Å². The van der Waals surface area contributed by atoms with E-state index in [0.717, 1.165) is 5.56 Å². The summed E-state index contributed by atoms with van der Waals surface area (Å²) in [7, 11) is 0. The smallest absolute Gasteiger partial charge is 0.408 e. The first-order valence-electron chi connectivity index (χ1n) is 6.35. The molecule has 0 fully saturated rings. The third-order valence-corrected chi connectivity index (χ3v) is 3.00. The molecule has 1 aromatic carbocycles. The molecule has 0 saturated carbocycles. The van der Waals surface area contributed by atoms with Crippen LogP contribution in [-0.2, 0) is 16.1 Å². The summed E-state index contributed by atoms with van der Waals surface area (Å²) in [6, 6.07) is 5.09. The van der Waals surface area contributed by atoms with Crippen molar-refractivity contribution in [1.82, 2.24) is 10.6 Å². The van der Waals surface area contributed by atoms with Crippen molar-refractivity contribution in [3.05, 3.63) is 33.8 Å². The Bertz CT molecular complexity index is 527. The van der Waals surface area contributed by atoms with E-state index in [0.29, 0.717) is 16.6 Å². The van der Waals surface area contributed by atoms with Crippen LogP contribution in [0.5, 0.6) is 0 Å². The molecular weight excluding hydrogens is 315 g/mol. The fourth-order valence-corrected chi connectivity index (χ4v) is 1.70. The molecule has 2 amide bonds. The first-order chi connectivity index (χ1) is 9.67. The van der Waals surface area contributed by atoms with Crippen LogP contribution in [0.3, 0.4) is 0 Å². The lowest BCUT2D eigenvalue weighted by Crippen LogP contribution is -2.39. The molecule has 0 aliphatic rings. The highest BCUT2D eigenvalue weighted by Crippen LogP contribution is 2.22. The van der Waals surface area contributed by atoms with Gasteiger partial charge in [0.2, 0.25) is 5.91 Å². The fraction of sp³-hybridized carbons (Fsp3) is 0.429. The first-order valence-corrected chi connectivity index (χ1v) is 7.10. The Balaban J connectivity index is 2.34. The number of hydrogen-bond acceptors (Lipinski definition) is 3. The largest absolute Gasteiger partial charge is 0.444 e. The van der Waals surface area contributed by atoms with Gasteiger partial charge in [-0.05, 0) is 38.5 Å². The molecule has 0 aliphatic heterocycles. The van der Waals surface area contributed by atoms with Crippen molar-refractivity contribution >= 4 is 35.2 Å². The number of rotatable bonds is 4. The molecule has 21 heavy (non-hydrogen) atoms. The zero-order valence-electron chi connectivity index (χ0n) is 12.1. The average Bonchev–Trinajstić information content (AvgIpc) is 2.36. The Morgan fingerprint density at radius 2 is 1.81 bits per heavy atom. The maximum Gasteiger partial charge on any atom is 0.408 e. The molecule has 0 aromatic heterocycles. The molecular formula is C14H18Cl2N2O3. The second kappa shape index (κ2) is 7.52. The molecule has 2 N–H and O–H groups in total. The van der Waals surface area contributed by atoms with E-state index in [1.54, 1.807) is 39.0 Å². The van der Waals surface area contributed by atoms with Gasteiger partial charge in [-0.3, -0.25) is 4.79 Å². The Kier molecular flexibility index (Phi) is 6.30. The summed E-state index contributed by atoms with van der Waals surface area (Å²) in [4.78, 5) is 23.0. The van der Waals surface area contributed by atoms with Crippen LogP contribution < -0.4 is 10.6 Å². The van der Waals surface area contributed by atoms with Gasteiger partial charge in [0.25, 0.3) is 0 Å². The monoisotopic (exact) mass is 332 g/mol. The van der Waals surface area contributed by atoms with E-state index in [1.165, 1.54) is 0 Å². The Labute approximate surface area is 133 Å². The van der Waals surface area contributed by atoms with Gasteiger partial charge in [-0.2, -0.15) is 0 Å². The van der Waals surface area contributed by atoms with E-state index >= 15 is 0 Å². The highest BCUT2D eigenvalue weighted by Gasteiger charge is 2.16. The molecule has 116 valence electrons. The van der Waals surface area contributed by atoms with Crippen molar-refractivity contribution in [2.24, 2.45) is 0 Å². The lowest BCUT2D eigenvalue weighted by molar-refractivity contribution is -0.120. The molecule has 0 aliphatic carbocycles. The average molecular weight is 333 g/mol. The molecule has 0 spiro atoms. The molecule has 1 aromatic rings. The van der Waals surface area contributed by atoms with Crippen LogP contribution in [-0.4, -0.2) is 24.1 Å². The summed E-state index contributed by atoms with van der Waals surface area (Å²) >= 11 is 11.7. The molecule has 0 unspecified atom stereocenters. The fourth-order valence-electron chi connectivity index (χ4n) is 1.38. The highest BCUT2D eigenvalue weighted by molar-refractivity contribution is 6.42. The Morgan fingerprint density at radius 1 is 1.14 bits per heavy atom. The number of carbonyl (C=O) groups is 2. The zero-order chi connectivity index (χ0) is 16.0. The molecule has 1 rings (SSSR count). The molecule has 5 nitrogen and oxygen atoms in total. The van der Waals surface area contributed by atoms with E-state index in [2.05, 4.69) is 10.6 Å². The summed E-state index contributed by atoms with van der Waals surface area (Å²) in [6.07, 6.45) is -0.632. The van der Waals surface area contributed by atoms with Gasteiger partial charge in [0.15, 0.2) is 0 Å². The predicted molar refractivity (Wildman–Crippen MR) is 82.5 cm³/mol. The van der Waals surface area contributed by atoms with Gasteiger partial charge in [0, 0.05) is 6.54 Å². The quantitative estimate of drug-likeness (QED) is 0.889. The van der Waals surface area contributed by atoms with Crippen LogP contribution in [0.2, 0.25) is 10.0 Å². The first kappa shape index (κ1) is 17.6. The van der Waals surface area contributed by atoms with Crippen LogP contribution >= 0.6 is 23.2 Å². The number of carbonyl (C=O) groups excluding carboxylic acids is 2. The van der Waals surface area contributed by atoms with Crippen molar-refractivity contribution in [3.63, 3.8) is 0 Å². The van der Waals surface area contributed by atoms with Crippen LogP contribution in [0.4, 0.5) is 4.79 Å². The van der Waals surface area contributed by atoms with Crippen molar-refractivity contribution in [2.45, 2.75) is 32.9 Å².